The summed E-state index contributed by atoms with van der Waals surface area (Å²) in [6.07, 6.45) is 1.08. The molecule has 21 heavy (non-hydrogen) atoms. The fourth-order valence-electron chi connectivity index (χ4n) is 2.49. The highest BCUT2D eigenvalue weighted by molar-refractivity contribution is 9.10. The molecule has 2 rings (SSSR count). The van der Waals surface area contributed by atoms with Crippen molar-refractivity contribution in [2.75, 3.05) is 20.6 Å². The van der Waals surface area contributed by atoms with Crippen LogP contribution in [0.25, 0.3) is 0 Å². The van der Waals surface area contributed by atoms with E-state index >= 15 is 0 Å². The molecule has 0 aliphatic heterocycles. The van der Waals surface area contributed by atoms with Crippen LogP contribution in [-0.2, 0) is 0 Å². The molecule has 0 bridgehead atoms. The third-order valence-corrected chi connectivity index (χ3v) is 5.18. The van der Waals surface area contributed by atoms with Crippen molar-refractivity contribution in [1.29, 1.82) is 0 Å². The van der Waals surface area contributed by atoms with Gasteiger partial charge < -0.3 is 10.2 Å². The molecule has 2 nitrogen and oxygen atoms in total. The molecule has 2 aromatic rings. The van der Waals surface area contributed by atoms with Gasteiger partial charge in [0.1, 0.15) is 0 Å². The highest BCUT2D eigenvalue weighted by Gasteiger charge is 2.17. The molecule has 0 saturated carbocycles. The Morgan fingerprint density at radius 3 is 2.62 bits per heavy atom. The van der Waals surface area contributed by atoms with E-state index in [1.807, 2.05) is 11.3 Å². The third kappa shape index (κ3) is 4.65. The van der Waals surface area contributed by atoms with Gasteiger partial charge in [-0.1, -0.05) is 41.1 Å². The second kappa shape index (κ2) is 8.08. The molecule has 0 amide bonds. The Bertz CT molecular complexity index is 539. The van der Waals surface area contributed by atoms with Gasteiger partial charge in [-0.2, -0.15) is 0 Å². The van der Waals surface area contributed by atoms with Gasteiger partial charge in [-0.15, -0.1) is 11.3 Å². The number of thiophene rings is 1. The first-order valence-electron chi connectivity index (χ1n) is 7.30. The topological polar surface area (TPSA) is 15.3 Å². The van der Waals surface area contributed by atoms with E-state index in [4.69, 9.17) is 0 Å². The summed E-state index contributed by atoms with van der Waals surface area (Å²) in [4.78, 5) is 3.70. The molecule has 2 unspecified atom stereocenters. The quantitative estimate of drug-likeness (QED) is 0.752. The Hall–Kier alpha value is -0.680. The summed E-state index contributed by atoms with van der Waals surface area (Å²) in [6, 6.07) is 13.7. The summed E-state index contributed by atoms with van der Waals surface area (Å²) in [7, 11) is 4.29. The lowest BCUT2D eigenvalue weighted by Crippen LogP contribution is -2.32. The van der Waals surface area contributed by atoms with Gasteiger partial charge in [0.15, 0.2) is 0 Å². The van der Waals surface area contributed by atoms with Crippen molar-refractivity contribution >= 4 is 27.3 Å². The molecule has 0 radical (unpaired) electrons. The highest BCUT2D eigenvalue weighted by Crippen LogP contribution is 2.25. The largest absolute Gasteiger partial charge is 0.308 e. The summed E-state index contributed by atoms with van der Waals surface area (Å²) >= 11 is 5.39. The number of likely N-dealkylation sites (N-methyl/N-ethyl adjacent to an activating group) is 1. The second-order valence-corrected chi connectivity index (χ2v) is 7.31. The zero-order valence-electron chi connectivity index (χ0n) is 12.8. The van der Waals surface area contributed by atoms with E-state index in [-0.39, 0.29) is 0 Å². The normalized spacial score (nSPS) is 14.3. The molecule has 2 atom stereocenters. The molecule has 0 spiro atoms. The van der Waals surface area contributed by atoms with Gasteiger partial charge in [0.2, 0.25) is 0 Å². The first-order chi connectivity index (χ1) is 10.1. The zero-order valence-corrected chi connectivity index (χ0v) is 15.2. The smallest absolute Gasteiger partial charge is 0.0561 e. The van der Waals surface area contributed by atoms with Crippen molar-refractivity contribution in [1.82, 2.24) is 10.2 Å². The molecule has 0 aliphatic rings. The van der Waals surface area contributed by atoms with Gasteiger partial charge in [-0.05, 0) is 49.7 Å². The zero-order chi connectivity index (χ0) is 15.2. The monoisotopic (exact) mass is 366 g/mol. The van der Waals surface area contributed by atoms with Crippen molar-refractivity contribution in [3.8, 4) is 0 Å². The van der Waals surface area contributed by atoms with Crippen LogP contribution in [0.5, 0.6) is 0 Å². The third-order valence-electron chi connectivity index (χ3n) is 3.71. The van der Waals surface area contributed by atoms with Gasteiger partial charge in [0.25, 0.3) is 0 Å². The average Bonchev–Trinajstić information content (AvgIpc) is 2.97. The minimum atomic E-state index is 0.393. The summed E-state index contributed by atoms with van der Waals surface area (Å²) in [5.74, 6) is 0. The SMILES string of the molecule is CCC(NCC(c1cccs1)N(C)C)c1cccc(Br)c1. The lowest BCUT2D eigenvalue weighted by atomic mass is 10.0. The van der Waals surface area contributed by atoms with E-state index in [2.05, 4.69) is 88.9 Å². The van der Waals surface area contributed by atoms with Crippen LogP contribution in [0.3, 0.4) is 0 Å². The van der Waals surface area contributed by atoms with Crippen molar-refractivity contribution in [2.24, 2.45) is 0 Å². The Morgan fingerprint density at radius 1 is 1.24 bits per heavy atom. The number of hydrogen-bond acceptors (Lipinski definition) is 3. The van der Waals surface area contributed by atoms with Gasteiger partial charge in [0.05, 0.1) is 6.04 Å². The molecule has 1 aromatic heterocycles. The van der Waals surface area contributed by atoms with Crippen molar-refractivity contribution in [2.45, 2.75) is 25.4 Å². The minimum Gasteiger partial charge on any atom is -0.308 e. The second-order valence-electron chi connectivity index (χ2n) is 5.42. The lowest BCUT2D eigenvalue weighted by Gasteiger charge is -2.27. The molecule has 1 N–H and O–H groups in total. The van der Waals surface area contributed by atoms with E-state index < -0.39 is 0 Å². The lowest BCUT2D eigenvalue weighted by molar-refractivity contribution is 0.282. The Labute approximate surface area is 140 Å². The van der Waals surface area contributed by atoms with Crippen LogP contribution in [-0.4, -0.2) is 25.5 Å². The Balaban J connectivity index is 2.05. The van der Waals surface area contributed by atoms with Gasteiger partial charge in [-0.3, -0.25) is 0 Å². The molecule has 1 heterocycles. The summed E-state index contributed by atoms with van der Waals surface area (Å²) in [5.41, 5.74) is 1.34. The maximum Gasteiger partial charge on any atom is 0.0561 e. The fraction of sp³-hybridized carbons (Fsp3) is 0.412. The van der Waals surface area contributed by atoms with E-state index in [0.29, 0.717) is 12.1 Å². The number of nitrogens with zero attached hydrogens (tertiary/aromatic N) is 1. The van der Waals surface area contributed by atoms with E-state index in [9.17, 15) is 0 Å². The van der Waals surface area contributed by atoms with Crippen molar-refractivity contribution in [3.05, 3.63) is 56.7 Å². The van der Waals surface area contributed by atoms with E-state index in [1.165, 1.54) is 10.4 Å². The molecule has 0 saturated heterocycles. The Kier molecular flexibility index (Phi) is 6.42. The number of hydrogen-bond donors (Lipinski definition) is 1. The van der Waals surface area contributed by atoms with Crippen LogP contribution in [0.1, 0.15) is 35.9 Å². The maximum absolute atomic E-state index is 3.73. The summed E-state index contributed by atoms with van der Waals surface area (Å²) in [5, 5.41) is 5.88. The Morgan fingerprint density at radius 2 is 2.05 bits per heavy atom. The molecule has 0 aliphatic carbocycles. The van der Waals surface area contributed by atoms with Crippen LogP contribution in [0.15, 0.2) is 46.3 Å². The van der Waals surface area contributed by atoms with Crippen LogP contribution < -0.4 is 5.32 Å². The number of nitrogens with one attached hydrogen (secondary N) is 1. The molecule has 4 heteroatoms. The summed E-state index contributed by atoms with van der Waals surface area (Å²) < 4.78 is 1.14. The predicted molar refractivity (Wildman–Crippen MR) is 95.9 cm³/mol. The van der Waals surface area contributed by atoms with Crippen molar-refractivity contribution in [3.63, 3.8) is 0 Å². The van der Waals surface area contributed by atoms with E-state index in [1.54, 1.807) is 0 Å². The highest BCUT2D eigenvalue weighted by atomic mass is 79.9. The standard InChI is InChI=1S/C17H23BrN2S/c1-4-15(13-7-5-8-14(18)11-13)19-12-16(20(2)3)17-9-6-10-21-17/h5-11,15-16,19H,4,12H2,1-3H3. The molecule has 114 valence electrons. The van der Waals surface area contributed by atoms with E-state index in [0.717, 1.165) is 17.4 Å². The van der Waals surface area contributed by atoms with Crippen LogP contribution in [0, 0.1) is 0 Å². The molecular formula is C17H23BrN2S. The van der Waals surface area contributed by atoms with Gasteiger partial charge >= 0.3 is 0 Å². The fourth-order valence-corrected chi connectivity index (χ4v) is 3.83. The van der Waals surface area contributed by atoms with Crippen molar-refractivity contribution < 1.29 is 0 Å². The first kappa shape index (κ1) is 16.7. The van der Waals surface area contributed by atoms with Gasteiger partial charge in [-0.25, -0.2) is 0 Å². The number of benzene rings is 1. The number of rotatable bonds is 7. The molecule has 1 aromatic carbocycles. The van der Waals surface area contributed by atoms with Gasteiger partial charge in [0, 0.05) is 21.9 Å². The molecular weight excluding hydrogens is 344 g/mol. The van der Waals surface area contributed by atoms with Crippen LogP contribution in [0.4, 0.5) is 0 Å². The maximum atomic E-state index is 3.73. The number of halogens is 1. The average molecular weight is 367 g/mol. The predicted octanol–water partition coefficient (Wildman–Crippen LogP) is 4.85. The minimum absolute atomic E-state index is 0.393. The van der Waals surface area contributed by atoms with Crippen LogP contribution >= 0.6 is 27.3 Å². The van der Waals surface area contributed by atoms with Crippen LogP contribution in [0.2, 0.25) is 0 Å². The summed E-state index contributed by atoms with van der Waals surface area (Å²) in [6.45, 7) is 3.19. The first-order valence-corrected chi connectivity index (χ1v) is 8.97. The molecule has 0 fully saturated rings.